The molecule has 1 aliphatic heterocycles. The van der Waals surface area contributed by atoms with Gasteiger partial charge in [0.2, 0.25) is 11.8 Å². The van der Waals surface area contributed by atoms with Gasteiger partial charge in [0.05, 0.1) is 10.6 Å². The van der Waals surface area contributed by atoms with Gasteiger partial charge in [0.1, 0.15) is 0 Å². The zero-order valence-corrected chi connectivity index (χ0v) is 21.0. The third kappa shape index (κ3) is 5.93. The van der Waals surface area contributed by atoms with E-state index >= 15 is 0 Å². The zero-order valence-electron chi connectivity index (χ0n) is 20.2. The summed E-state index contributed by atoms with van der Waals surface area (Å²) in [6, 6.07) is 11.7. The third-order valence-electron chi connectivity index (χ3n) is 5.48. The van der Waals surface area contributed by atoms with Crippen molar-refractivity contribution in [3.63, 3.8) is 0 Å². The number of nitrogens with one attached hydrogen (secondary N) is 2. The minimum absolute atomic E-state index is 0.0497. The van der Waals surface area contributed by atoms with Crippen LogP contribution in [0.1, 0.15) is 52.7 Å². The summed E-state index contributed by atoms with van der Waals surface area (Å²) < 4.78 is 28.7. The summed E-state index contributed by atoms with van der Waals surface area (Å²) in [6.45, 7) is 12.1. The van der Waals surface area contributed by atoms with Crippen molar-refractivity contribution in [3.05, 3.63) is 53.6 Å². The molecule has 0 saturated carbocycles. The van der Waals surface area contributed by atoms with E-state index in [-0.39, 0.29) is 16.7 Å². The van der Waals surface area contributed by atoms with Crippen LogP contribution >= 0.6 is 0 Å². The number of nitrogens with zero attached hydrogens (tertiary/aromatic N) is 1. The van der Waals surface area contributed by atoms with Crippen molar-refractivity contribution in [1.29, 1.82) is 0 Å². The molecule has 0 unspecified atom stereocenters. The molecular weight excluding hydrogens is 438 g/mol. The lowest BCUT2D eigenvalue weighted by atomic mass is 9.92. The second-order valence-corrected chi connectivity index (χ2v) is 12.2. The Morgan fingerprint density at radius 1 is 0.879 bits per heavy atom. The Morgan fingerprint density at radius 2 is 1.55 bits per heavy atom. The first-order chi connectivity index (χ1) is 15.2. The molecule has 0 bridgehead atoms. The summed E-state index contributed by atoms with van der Waals surface area (Å²) >= 11 is 0. The molecule has 2 amide bonds. The first kappa shape index (κ1) is 24.8. The second-order valence-electron chi connectivity index (χ2n) is 10.5. The highest BCUT2D eigenvalue weighted by molar-refractivity contribution is 7.92. The smallest absolute Gasteiger partial charge is 0.261 e. The minimum Gasteiger partial charge on any atom is -0.338 e. The maximum atomic E-state index is 13.1. The van der Waals surface area contributed by atoms with E-state index in [0.717, 1.165) is 11.1 Å². The maximum absolute atomic E-state index is 13.1. The van der Waals surface area contributed by atoms with E-state index in [2.05, 4.69) is 10.0 Å². The summed E-state index contributed by atoms with van der Waals surface area (Å²) in [5.41, 5.74) is 1.70. The first-order valence-electron chi connectivity index (χ1n) is 11.0. The highest BCUT2D eigenvalue weighted by Crippen LogP contribution is 2.28. The molecule has 0 radical (unpaired) electrons. The SMILES string of the molecule is CC(C)(C)C(=O)Nc1cccc(NS(=O)(=O)c2ccc3c(c2)CN(C(=O)C(C)(C)C)CC3)c1. The van der Waals surface area contributed by atoms with Gasteiger partial charge in [0, 0.05) is 29.6 Å². The molecule has 7 nitrogen and oxygen atoms in total. The van der Waals surface area contributed by atoms with Crippen molar-refractivity contribution in [2.45, 2.75) is 59.4 Å². The lowest BCUT2D eigenvalue weighted by molar-refractivity contribution is -0.140. The van der Waals surface area contributed by atoms with Gasteiger partial charge < -0.3 is 10.2 Å². The van der Waals surface area contributed by atoms with E-state index in [1.165, 1.54) is 0 Å². The Labute approximate surface area is 196 Å². The predicted octanol–water partition coefficient (Wildman–Crippen LogP) is 4.40. The average molecular weight is 472 g/mol. The lowest BCUT2D eigenvalue weighted by Gasteiger charge is -2.33. The molecule has 178 valence electrons. The van der Waals surface area contributed by atoms with E-state index in [1.807, 2.05) is 26.8 Å². The average Bonchev–Trinajstić information content (AvgIpc) is 2.71. The predicted molar refractivity (Wildman–Crippen MR) is 130 cm³/mol. The van der Waals surface area contributed by atoms with Crippen LogP contribution in [0.3, 0.4) is 0 Å². The van der Waals surface area contributed by atoms with Crippen LogP contribution in [0.4, 0.5) is 11.4 Å². The summed E-state index contributed by atoms with van der Waals surface area (Å²) in [7, 11) is -3.85. The number of sulfonamides is 1. The summed E-state index contributed by atoms with van der Waals surface area (Å²) in [5, 5.41) is 2.81. The fourth-order valence-corrected chi connectivity index (χ4v) is 4.64. The number of fused-ring (bicyclic) bond motifs is 1. The molecule has 2 aromatic rings. The molecule has 1 aliphatic rings. The number of carbonyl (C=O) groups excluding carboxylic acids is 2. The molecule has 2 N–H and O–H groups in total. The van der Waals surface area contributed by atoms with Gasteiger partial charge in [-0.15, -0.1) is 0 Å². The number of hydrogen-bond donors (Lipinski definition) is 2. The van der Waals surface area contributed by atoms with Gasteiger partial charge in [-0.25, -0.2) is 8.42 Å². The van der Waals surface area contributed by atoms with Crippen molar-refractivity contribution in [1.82, 2.24) is 4.90 Å². The molecule has 33 heavy (non-hydrogen) atoms. The second kappa shape index (κ2) is 8.82. The van der Waals surface area contributed by atoms with Crippen LogP contribution in [-0.2, 0) is 32.6 Å². The van der Waals surface area contributed by atoms with Gasteiger partial charge in [-0.1, -0.05) is 53.7 Å². The number of hydrogen-bond acceptors (Lipinski definition) is 4. The van der Waals surface area contributed by atoms with Gasteiger partial charge in [-0.2, -0.15) is 0 Å². The number of rotatable bonds is 4. The minimum atomic E-state index is -3.85. The molecule has 0 spiro atoms. The molecule has 0 aliphatic carbocycles. The molecule has 3 rings (SSSR count). The van der Waals surface area contributed by atoms with E-state index in [4.69, 9.17) is 0 Å². The van der Waals surface area contributed by atoms with Crippen LogP contribution < -0.4 is 10.0 Å². The van der Waals surface area contributed by atoms with Crippen LogP contribution in [0.25, 0.3) is 0 Å². The van der Waals surface area contributed by atoms with E-state index in [0.29, 0.717) is 30.9 Å². The number of benzene rings is 2. The molecule has 2 aromatic carbocycles. The van der Waals surface area contributed by atoms with Crippen LogP contribution in [0.5, 0.6) is 0 Å². The summed E-state index contributed by atoms with van der Waals surface area (Å²) in [5.74, 6) is -0.111. The van der Waals surface area contributed by atoms with Crippen molar-refractivity contribution in [2.75, 3.05) is 16.6 Å². The first-order valence-corrected chi connectivity index (χ1v) is 12.5. The molecule has 0 atom stereocenters. The van der Waals surface area contributed by atoms with Crippen LogP contribution in [-0.4, -0.2) is 31.7 Å². The van der Waals surface area contributed by atoms with E-state index in [9.17, 15) is 18.0 Å². The topological polar surface area (TPSA) is 95.6 Å². The quantitative estimate of drug-likeness (QED) is 0.691. The van der Waals surface area contributed by atoms with Gasteiger partial charge in [0.25, 0.3) is 10.0 Å². The van der Waals surface area contributed by atoms with E-state index < -0.39 is 20.9 Å². The molecule has 8 heteroatoms. The Kier molecular flexibility index (Phi) is 6.62. The lowest BCUT2D eigenvalue weighted by Crippen LogP contribution is -2.42. The van der Waals surface area contributed by atoms with E-state index in [1.54, 1.807) is 62.1 Å². The van der Waals surface area contributed by atoms with Gasteiger partial charge in [-0.05, 0) is 47.9 Å². The maximum Gasteiger partial charge on any atom is 0.261 e. The van der Waals surface area contributed by atoms with Crippen LogP contribution in [0.2, 0.25) is 0 Å². The van der Waals surface area contributed by atoms with Crippen molar-refractivity contribution in [3.8, 4) is 0 Å². The molecule has 0 aromatic heterocycles. The van der Waals surface area contributed by atoms with Gasteiger partial charge in [-0.3, -0.25) is 14.3 Å². The number of carbonyl (C=O) groups is 2. The standard InChI is InChI=1S/C25H33N3O4S/c1-24(2,3)22(29)26-19-8-7-9-20(15-19)27-33(31,32)21-11-10-17-12-13-28(16-18(17)14-21)23(30)25(4,5)6/h7-11,14-15,27H,12-13,16H2,1-6H3,(H,26,29). The van der Waals surface area contributed by atoms with Crippen molar-refractivity contribution < 1.29 is 18.0 Å². The van der Waals surface area contributed by atoms with Gasteiger partial charge >= 0.3 is 0 Å². The number of amides is 2. The molecular formula is C25H33N3O4S. The molecule has 0 saturated heterocycles. The number of anilines is 2. The monoisotopic (exact) mass is 471 g/mol. The highest BCUT2D eigenvalue weighted by atomic mass is 32.2. The van der Waals surface area contributed by atoms with Crippen molar-refractivity contribution >= 4 is 33.2 Å². The third-order valence-corrected chi connectivity index (χ3v) is 6.86. The summed E-state index contributed by atoms with van der Waals surface area (Å²) in [4.78, 5) is 26.9. The van der Waals surface area contributed by atoms with Crippen LogP contribution in [0, 0.1) is 10.8 Å². The molecule has 1 heterocycles. The highest BCUT2D eigenvalue weighted by Gasteiger charge is 2.30. The van der Waals surface area contributed by atoms with Crippen molar-refractivity contribution in [2.24, 2.45) is 10.8 Å². The largest absolute Gasteiger partial charge is 0.338 e. The fourth-order valence-electron chi connectivity index (χ4n) is 3.54. The Bertz CT molecular complexity index is 1170. The Hall–Kier alpha value is -2.87. The summed E-state index contributed by atoms with van der Waals surface area (Å²) in [6.07, 6.45) is 0.695. The fraction of sp³-hybridized carbons (Fsp3) is 0.440. The Balaban J connectivity index is 1.80. The zero-order chi connectivity index (χ0) is 24.6. The van der Waals surface area contributed by atoms with Crippen LogP contribution in [0.15, 0.2) is 47.4 Å². The normalized spacial score (nSPS) is 14.4. The van der Waals surface area contributed by atoms with Gasteiger partial charge in [0.15, 0.2) is 0 Å². The Morgan fingerprint density at radius 3 is 2.18 bits per heavy atom. The molecule has 0 fully saturated rings.